The van der Waals surface area contributed by atoms with Crippen molar-refractivity contribution in [1.29, 1.82) is 0 Å². The molecule has 0 radical (unpaired) electrons. The Hall–Kier alpha value is -3.34. The van der Waals surface area contributed by atoms with Crippen LogP contribution >= 0.6 is 0 Å². The number of hydrogen-bond acceptors (Lipinski definition) is 5. The number of anilines is 2. The van der Waals surface area contributed by atoms with Gasteiger partial charge in [-0.2, -0.15) is 0 Å². The van der Waals surface area contributed by atoms with E-state index in [1.54, 1.807) is 18.5 Å². The van der Waals surface area contributed by atoms with Crippen LogP contribution < -0.4 is 9.64 Å². The molecule has 1 aliphatic carbocycles. The molecular weight excluding hydrogens is 400 g/mol. The fourth-order valence-electron chi connectivity index (χ4n) is 4.51. The summed E-state index contributed by atoms with van der Waals surface area (Å²) in [6.07, 6.45) is 7.67. The van der Waals surface area contributed by atoms with Crippen molar-refractivity contribution in [3.63, 3.8) is 0 Å². The van der Waals surface area contributed by atoms with E-state index in [2.05, 4.69) is 59.4 Å². The van der Waals surface area contributed by atoms with Crippen LogP contribution in [0.3, 0.4) is 0 Å². The van der Waals surface area contributed by atoms with Gasteiger partial charge in [-0.25, -0.2) is 4.79 Å². The van der Waals surface area contributed by atoms with Crippen LogP contribution in [-0.4, -0.2) is 31.7 Å². The number of aryl methyl sites for hydroxylation is 1. The summed E-state index contributed by atoms with van der Waals surface area (Å²) in [7, 11) is 3.50. The fourth-order valence-corrected chi connectivity index (χ4v) is 4.51. The monoisotopic (exact) mass is 428 g/mol. The molecule has 3 aromatic rings. The highest BCUT2D eigenvalue weighted by molar-refractivity contribution is 5.90. The standard InChI is InChI=1S/C27H28N2O3/c1-29(22-9-7-19(8-10-22)18-3-4-18)23-11-12-24-21(17-32-26(24)15-23)6-5-20-16-28-14-13-25(20)27(30)31-2/h7-16,18,21H,3-6,17H2,1-2H3/t21-/m0/s1. The molecule has 0 spiro atoms. The molecule has 1 aliphatic heterocycles. The van der Waals surface area contributed by atoms with Crippen molar-refractivity contribution < 1.29 is 14.3 Å². The Morgan fingerprint density at radius 1 is 1.12 bits per heavy atom. The van der Waals surface area contributed by atoms with Crippen LogP contribution in [0.2, 0.25) is 0 Å². The quantitative estimate of drug-likeness (QED) is 0.457. The molecule has 1 fully saturated rings. The van der Waals surface area contributed by atoms with E-state index >= 15 is 0 Å². The smallest absolute Gasteiger partial charge is 0.338 e. The average molecular weight is 429 g/mol. The molecule has 2 aliphatic rings. The molecular formula is C27H28N2O3. The molecule has 5 nitrogen and oxygen atoms in total. The summed E-state index contributed by atoms with van der Waals surface area (Å²) in [4.78, 5) is 18.4. The second-order valence-electron chi connectivity index (χ2n) is 8.72. The van der Waals surface area contributed by atoms with Gasteiger partial charge in [0.05, 0.1) is 19.3 Å². The SMILES string of the molecule is COC(=O)c1ccncc1CC[C@H]1COc2cc(N(C)c3ccc(C4CC4)cc3)ccc21. The van der Waals surface area contributed by atoms with Crippen LogP contribution in [0.1, 0.15) is 58.1 Å². The molecule has 5 rings (SSSR count). The zero-order valence-corrected chi connectivity index (χ0v) is 18.6. The van der Waals surface area contributed by atoms with Crippen LogP contribution in [0.15, 0.2) is 60.9 Å². The number of ether oxygens (including phenoxy) is 2. The van der Waals surface area contributed by atoms with E-state index in [1.165, 1.54) is 36.8 Å². The van der Waals surface area contributed by atoms with Gasteiger partial charge in [0, 0.05) is 48.4 Å². The van der Waals surface area contributed by atoms with Crippen molar-refractivity contribution in [3.05, 3.63) is 83.2 Å². The van der Waals surface area contributed by atoms with Crippen molar-refractivity contribution in [2.45, 2.75) is 37.5 Å². The highest BCUT2D eigenvalue weighted by atomic mass is 16.5. The molecule has 1 atom stereocenters. The molecule has 0 saturated heterocycles. The Balaban J connectivity index is 1.28. The lowest BCUT2D eigenvalue weighted by Crippen LogP contribution is -2.09. The zero-order valence-electron chi connectivity index (χ0n) is 18.6. The summed E-state index contributed by atoms with van der Waals surface area (Å²) in [6, 6.07) is 17.1. The van der Waals surface area contributed by atoms with Crippen LogP contribution in [0.5, 0.6) is 5.75 Å². The number of pyridine rings is 1. The number of carbonyl (C=O) groups is 1. The van der Waals surface area contributed by atoms with E-state index in [9.17, 15) is 4.79 Å². The van der Waals surface area contributed by atoms with E-state index < -0.39 is 0 Å². The number of aromatic nitrogens is 1. The maximum Gasteiger partial charge on any atom is 0.338 e. The van der Waals surface area contributed by atoms with Gasteiger partial charge in [-0.3, -0.25) is 4.98 Å². The van der Waals surface area contributed by atoms with E-state index in [0.29, 0.717) is 18.1 Å². The Labute approximate surface area is 189 Å². The highest BCUT2D eigenvalue weighted by Gasteiger charge is 2.26. The van der Waals surface area contributed by atoms with E-state index in [0.717, 1.165) is 35.8 Å². The molecule has 1 aromatic heterocycles. The molecule has 0 amide bonds. The number of methoxy groups -OCH3 is 1. The van der Waals surface area contributed by atoms with Crippen molar-refractivity contribution in [2.24, 2.45) is 0 Å². The summed E-state index contributed by atoms with van der Waals surface area (Å²) in [5.74, 6) is 1.71. The molecule has 2 aromatic carbocycles. The normalized spacial score (nSPS) is 16.9. The first-order valence-corrected chi connectivity index (χ1v) is 11.3. The third-order valence-corrected chi connectivity index (χ3v) is 6.66. The summed E-state index contributed by atoms with van der Waals surface area (Å²) >= 11 is 0. The van der Waals surface area contributed by atoms with Gasteiger partial charge in [0.15, 0.2) is 0 Å². The van der Waals surface area contributed by atoms with Crippen LogP contribution in [0.4, 0.5) is 11.4 Å². The highest BCUT2D eigenvalue weighted by Crippen LogP contribution is 2.42. The Kier molecular flexibility index (Phi) is 5.56. The van der Waals surface area contributed by atoms with E-state index in [1.807, 2.05) is 0 Å². The number of benzene rings is 2. The molecule has 5 heteroatoms. The van der Waals surface area contributed by atoms with Gasteiger partial charge in [-0.1, -0.05) is 18.2 Å². The fraction of sp³-hybridized carbons (Fsp3) is 0.333. The number of fused-ring (bicyclic) bond motifs is 1. The molecule has 32 heavy (non-hydrogen) atoms. The van der Waals surface area contributed by atoms with Gasteiger partial charge in [0.25, 0.3) is 0 Å². The average Bonchev–Trinajstić information content (AvgIpc) is 3.62. The van der Waals surface area contributed by atoms with Gasteiger partial charge in [0.1, 0.15) is 5.75 Å². The molecule has 0 unspecified atom stereocenters. The third kappa shape index (κ3) is 4.07. The van der Waals surface area contributed by atoms with Crippen molar-refractivity contribution in [3.8, 4) is 5.75 Å². The number of nitrogens with zero attached hydrogens (tertiary/aromatic N) is 2. The summed E-state index contributed by atoms with van der Waals surface area (Å²) in [5.41, 5.74) is 6.48. The molecule has 0 N–H and O–H groups in total. The topological polar surface area (TPSA) is 51.7 Å². The lowest BCUT2D eigenvalue weighted by Gasteiger charge is -2.20. The molecule has 164 valence electrons. The third-order valence-electron chi connectivity index (χ3n) is 6.66. The van der Waals surface area contributed by atoms with E-state index in [4.69, 9.17) is 9.47 Å². The van der Waals surface area contributed by atoms with Crippen LogP contribution in [0, 0.1) is 0 Å². The van der Waals surface area contributed by atoms with Gasteiger partial charge in [0.2, 0.25) is 0 Å². The van der Waals surface area contributed by atoms with Crippen LogP contribution in [-0.2, 0) is 11.2 Å². The number of esters is 1. The minimum atomic E-state index is -0.316. The predicted octanol–water partition coefficient (Wildman–Crippen LogP) is 5.62. The molecule has 2 heterocycles. The van der Waals surface area contributed by atoms with Gasteiger partial charge in [-0.15, -0.1) is 0 Å². The number of rotatable bonds is 7. The Bertz CT molecular complexity index is 1120. The Morgan fingerprint density at radius 3 is 2.66 bits per heavy atom. The molecule has 1 saturated carbocycles. The second-order valence-corrected chi connectivity index (χ2v) is 8.72. The van der Waals surface area contributed by atoms with Gasteiger partial charge < -0.3 is 14.4 Å². The van der Waals surface area contributed by atoms with Crippen molar-refractivity contribution in [1.82, 2.24) is 4.98 Å². The number of hydrogen-bond donors (Lipinski definition) is 0. The predicted molar refractivity (Wildman–Crippen MR) is 125 cm³/mol. The first-order chi connectivity index (χ1) is 15.6. The minimum absolute atomic E-state index is 0.299. The second kappa shape index (κ2) is 8.65. The summed E-state index contributed by atoms with van der Waals surface area (Å²) < 4.78 is 11.0. The maximum atomic E-state index is 12.0. The first kappa shape index (κ1) is 20.6. The number of carbonyl (C=O) groups excluding carboxylic acids is 1. The maximum absolute atomic E-state index is 12.0. The largest absolute Gasteiger partial charge is 0.493 e. The lowest BCUT2D eigenvalue weighted by molar-refractivity contribution is 0.0599. The van der Waals surface area contributed by atoms with Gasteiger partial charge in [-0.05, 0) is 67.0 Å². The van der Waals surface area contributed by atoms with Crippen molar-refractivity contribution in [2.75, 3.05) is 25.7 Å². The Morgan fingerprint density at radius 2 is 1.91 bits per heavy atom. The minimum Gasteiger partial charge on any atom is -0.493 e. The summed E-state index contributed by atoms with van der Waals surface area (Å²) in [5, 5.41) is 0. The van der Waals surface area contributed by atoms with E-state index in [-0.39, 0.29) is 5.97 Å². The van der Waals surface area contributed by atoms with Gasteiger partial charge >= 0.3 is 5.97 Å². The molecule has 0 bridgehead atoms. The zero-order chi connectivity index (χ0) is 22.1. The first-order valence-electron chi connectivity index (χ1n) is 11.3. The van der Waals surface area contributed by atoms with Crippen LogP contribution in [0.25, 0.3) is 0 Å². The summed E-state index contributed by atoms with van der Waals surface area (Å²) in [6.45, 7) is 0.659. The lowest BCUT2D eigenvalue weighted by atomic mass is 9.93. The van der Waals surface area contributed by atoms with Crippen molar-refractivity contribution >= 4 is 17.3 Å².